The Hall–Kier alpha value is -4.92. The zero-order chi connectivity index (χ0) is 24.4. The van der Waals surface area contributed by atoms with Crippen LogP contribution in [0.3, 0.4) is 0 Å². The molecule has 35 heavy (non-hydrogen) atoms. The summed E-state index contributed by atoms with van der Waals surface area (Å²) in [6, 6.07) is 13.4. The maximum atomic E-state index is 14.3. The van der Waals surface area contributed by atoms with Crippen molar-refractivity contribution in [3.05, 3.63) is 66.5 Å². The SMILES string of the molecule is COc1cc(F)cc(-n2cnc3ccc(-c4cccc(OC(C)Cn5cnnn5)n4)nc32)c1C#N. The lowest BCUT2D eigenvalue weighted by atomic mass is 10.1. The van der Waals surface area contributed by atoms with Gasteiger partial charge in [0.1, 0.15) is 47.5 Å². The lowest BCUT2D eigenvalue weighted by Gasteiger charge is -2.14. The van der Waals surface area contributed by atoms with E-state index < -0.39 is 5.82 Å². The lowest BCUT2D eigenvalue weighted by molar-refractivity contribution is 0.185. The van der Waals surface area contributed by atoms with Crippen LogP contribution >= 0.6 is 0 Å². The van der Waals surface area contributed by atoms with Gasteiger partial charge in [0.25, 0.3) is 0 Å². The average molecular weight is 471 g/mol. The van der Waals surface area contributed by atoms with Crippen LogP contribution in [0, 0.1) is 17.1 Å². The molecule has 0 aliphatic heterocycles. The molecule has 0 saturated carbocycles. The van der Waals surface area contributed by atoms with Crippen LogP contribution in [0.5, 0.6) is 11.6 Å². The molecule has 5 aromatic rings. The highest BCUT2D eigenvalue weighted by Gasteiger charge is 2.17. The van der Waals surface area contributed by atoms with Crippen molar-refractivity contribution >= 4 is 11.2 Å². The van der Waals surface area contributed by atoms with Gasteiger partial charge in [0.05, 0.1) is 30.7 Å². The summed E-state index contributed by atoms with van der Waals surface area (Å²) in [7, 11) is 1.38. The van der Waals surface area contributed by atoms with Gasteiger partial charge in [0.15, 0.2) is 5.65 Å². The first-order chi connectivity index (χ1) is 17.1. The van der Waals surface area contributed by atoms with Gasteiger partial charge < -0.3 is 9.47 Å². The molecule has 4 aromatic heterocycles. The van der Waals surface area contributed by atoms with Gasteiger partial charge in [-0.1, -0.05) is 6.07 Å². The fourth-order valence-corrected chi connectivity index (χ4v) is 3.64. The van der Waals surface area contributed by atoms with E-state index in [0.29, 0.717) is 35.0 Å². The summed E-state index contributed by atoms with van der Waals surface area (Å²) in [5, 5.41) is 20.7. The number of halogens is 1. The van der Waals surface area contributed by atoms with Crippen LogP contribution in [0.2, 0.25) is 0 Å². The quantitative estimate of drug-likeness (QED) is 0.352. The molecule has 174 valence electrons. The van der Waals surface area contributed by atoms with E-state index in [-0.39, 0.29) is 23.1 Å². The van der Waals surface area contributed by atoms with Crippen LogP contribution in [0.15, 0.2) is 55.1 Å². The van der Waals surface area contributed by atoms with Crippen molar-refractivity contribution in [1.29, 1.82) is 5.26 Å². The van der Waals surface area contributed by atoms with E-state index in [1.165, 1.54) is 25.8 Å². The number of rotatable bonds is 7. The Bertz CT molecular complexity index is 1540. The van der Waals surface area contributed by atoms with E-state index in [2.05, 4.69) is 31.6 Å². The molecule has 4 heterocycles. The highest BCUT2D eigenvalue weighted by molar-refractivity contribution is 5.77. The molecule has 0 aliphatic rings. The van der Waals surface area contributed by atoms with Gasteiger partial charge >= 0.3 is 0 Å². The number of nitrogens with zero attached hydrogens (tertiary/aromatic N) is 9. The Morgan fingerprint density at radius 2 is 1.97 bits per heavy atom. The minimum absolute atomic E-state index is 0.128. The minimum atomic E-state index is -0.545. The first-order valence-electron chi connectivity index (χ1n) is 10.5. The fourth-order valence-electron chi connectivity index (χ4n) is 3.64. The standard InChI is InChI=1S/C23H18FN9O2/c1-14(11-32-13-27-30-31-32)35-22-5-3-4-17(28-22)18-6-7-19-23(29-18)33(12-26-19)20-8-15(24)9-21(34-2)16(20)10-25/h3-9,12-14H,11H2,1-2H3. The first-order valence-corrected chi connectivity index (χ1v) is 10.5. The molecule has 0 amide bonds. The Morgan fingerprint density at radius 1 is 1.11 bits per heavy atom. The third kappa shape index (κ3) is 4.34. The number of pyridine rings is 2. The van der Waals surface area contributed by atoms with Gasteiger partial charge in [-0.25, -0.2) is 24.0 Å². The van der Waals surface area contributed by atoms with E-state index in [0.717, 1.165) is 6.07 Å². The Morgan fingerprint density at radius 3 is 2.74 bits per heavy atom. The van der Waals surface area contributed by atoms with Gasteiger partial charge in [0, 0.05) is 12.1 Å². The predicted molar refractivity (Wildman–Crippen MR) is 121 cm³/mol. The molecule has 0 aliphatic carbocycles. The summed E-state index contributed by atoms with van der Waals surface area (Å²) in [4.78, 5) is 13.6. The van der Waals surface area contributed by atoms with Crippen molar-refractivity contribution in [2.24, 2.45) is 0 Å². The second-order valence-corrected chi connectivity index (χ2v) is 7.59. The largest absolute Gasteiger partial charge is 0.495 e. The zero-order valence-electron chi connectivity index (χ0n) is 18.7. The molecule has 0 radical (unpaired) electrons. The summed E-state index contributed by atoms with van der Waals surface area (Å²) in [5.74, 6) is -0.000840. The monoisotopic (exact) mass is 471 g/mol. The molecule has 0 bridgehead atoms. The Balaban J connectivity index is 1.50. The van der Waals surface area contributed by atoms with Crippen LogP contribution in [-0.4, -0.2) is 52.9 Å². The van der Waals surface area contributed by atoms with Crippen LogP contribution < -0.4 is 9.47 Å². The Kier molecular flexibility index (Phi) is 5.72. The van der Waals surface area contributed by atoms with Crippen molar-refractivity contribution in [3.8, 4) is 34.8 Å². The first kappa shape index (κ1) is 21.9. The molecule has 12 heteroatoms. The molecular formula is C23H18FN9O2. The molecule has 1 aromatic carbocycles. The second-order valence-electron chi connectivity index (χ2n) is 7.59. The fraction of sp³-hybridized carbons (Fsp3) is 0.174. The molecule has 11 nitrogen and oxygen atoms in total. The number of imidazole rings is 1. The lowest BCUT2D eigenvalue weighted by Crippen LogP contribution is -2.20. The summed E-state index contributed by atoms with van der Waals surface area (Å²) in [6.07, 6.45) is 2.77. The van der Waals surface area contributed by atoms with Crippen molar-refractivity contribution < 1.29 is 13.9 Å². The number of ether oxygens (including phenoxy) is 2. The molecule has 5 rings (SSSR count). The smallest absolute Gasteiger partial charge is 0.214 e. The van der Waals surface area contributed by atoms with Gasteiger partial charge in [-0.3, -0.25) is 4.57 Å². The summed E-state index contributed by atoms with van der Waals surface area (Å²) in [5.41, 5.74) is 2.59. The number of fused-ring (bicyclic) bond motifs is 1. The minimum Gasteiger partial charge on any atom is -0.495 e. The molecule has 0 saturated heterocycles. The maximum Gasteiger partial charge on any atom is 0.214 e. The number of tetrazole rings is 1. The highest BCUT2D eigenvalue weighted by atomic mass is 19.1. The van der Waals surface area contributed by atoms with Crippen molar-refractivity contribution in [3.63, 3.8) is 0 Å². The van der Waals surface area contributed by atoms with E-state index in [1.54, 1.807) is 33.5 Å². The number of hydrogen-bond acceptors (Lipinski definition) is 9. The molecule has 1 unspecified atom stereocenters. The summed E-state index contributed by atoms with van der Waals surface area (Å²) >= 11 is 0. The molecule has 1 atom stereocenters. The summed E-state index contributed by atoms with van der Waals surface area (Å²) in [6.45, 7) is 2.35. The van der Waals surface area contributed by atoms with Crippen LogP contribution in [-0.2, 0) is 6.54 Å². The third-order valence-electron chi connectivity index (χ3n) is 5.18. The average Bonchev–Trinajstić information content (AvgIpc) is 3.53. The number of benzene rings is 1. The van der Waals surface area contributed by atoms with E-state index >= 15 is 0 Å². The number of nitriles is 1. The second kappa shape index (κ2) is 9.14. The highest BCUT2D eigenvalue weighted by Crippen LogP contribution is 2.29. The molecule has 0 fully saturated rings. The van der Waals surface area contributed by atoms with E-state index in [9.17, 15) is 9.65 Å². The normalized spacial score (nSPS) is 11.8. The van der Waals surface area contributed by atoms with Crippen LogP contribution in [0.25, 0.3) is 28.2 Å². The van der Waals surface area contributed by atoms with E-state index in [1.807, 2.05) is 13.0 Å². The number of hydrogen-bond donors (Lipinski definition) is 0. The van der Waals surface area contributed by atoms with Gasteiger partial charge in [-0.2, -0.15) is 5.26 Å². The molecular weight excluding hydrogens is 453 g/mol. The third-order valence-corrected chi connectivity index (χ3v) is 5.18. The topological polar surface area (TPSA) is 129 Å². The van der Waals surface area contributed by atoms with Crippen molar-refractivity contribution in [2.75, 3.05) is 7.11 Å². The summed E-state index contributed by atoms with van der Waals surface area (Å²) < 4.78 is 28.5. The number of aromatic nitrogens is 8. The van der Waals surface area contributed by atoms with Gasteiger partial charge in [-0.15, -0.1) is 5.10 Å². The molecule has 0 N–H and O–H groups in total. The number of methoxy groups -OCH3 is 1. The van der Waals surface area contributed by atoms with Gasteiger partial charge in [-0.05, 0) is 41.6 Å². The predicted octanol–water partition coefficient (Wildman–Crippen LogP) is 2.96. The van der Waals surface area contributed by atoms with Gasteiger partial charge in [0.2, 0.25) is 5.88 Å². The zero-order valence-corrected chi connectivity index (χ0v) is 18.7. The van der Waals surface area contributed by atoms with Crippen LogP contribution in [0.4, 0.5) is 4.39 Å². The van der Waals surface area contributed by atoms with E-state index in [4.69, 9.17) is 14.5 Å². The van der Waals surface area contributed by atoms with Crippen molar-refractivity contribution in [1.82, 2.24) is 39.7 Å². The molecule has 0 spiro atoms. The Labute approximate surface area is 198 Å². The van der Waals surface area contributed by atoms with Crippen molar-refractivity contribution in [2.45, 2.75) is 19.6 Å². The maximum absolute atomic E-state index is 14.3. The van der Waals surface area contributed by atoms with Crippen LogP contribution in [0.1, 0.15) is 12.5 Å².